The molecular weight excluding hydrogens is 306 g/mol. The zero-order valence-corrected chi connectivity index (χ0v) is 12.1. The van der Waals surface area contributed by atoms with Crippen LogP contribution in [0.1, 0.15) is 29.3 Å². The number of rotatable bonds is 6. The molecule has 1 amide bonds. The molecule has 0 aliphatic rings. The summed E-state index contributed by atoms with van der Waals surface area (Å²) in [5.41, 5.74) is -3.24. The van der Waals surface area contributed by atoms with Gasteiger partial charge in [-0.25, -0.2) is 4.39 Å². The summed E-state index contributed by atoms with van der Waals surface area (Å²) >= 11 is 0. The van der Waals surface area contributed by atoms with Gasteiger partial charge in [0.15, 0.2) is 0 Å². The van der Waals surface area contributed by atoms with E-state index in [0.29, 0.717) is 6.07 Å². The van der Waals surface area contributed by atoms with Crippen LogP contribution in [0.5, 0.6) is 0 Å². The summed E-state index contributed by atoms with van der Waals surface area (Å²) in [6, 6.07) is 2.49. The molecule has 0 aliphatic heterocycles. The average Bonchev–Trinajstić information content (AvgIpc) is 2.37. The van der Waals surface area contributed by atoms with Crippen LogP contribution in [0, 0.1) is 5.82 Å². The Bertz CT molecular complexity index is 525. The number of halogens is 4. The molecule has 1 aromatic carbocycles. The highest BCUT2D eigenvalue weighted by Crippen LogP contribution is 2.32. The van der Waals surface area contributed by atoms with Crippen LogP contribution in [0.2, 0.25) is 0 Å². The zero-order valence-electron chi connectivity index (χ0n) is 12.1. The quantitative estimate of drug-likeness (QED) is 0.790. The third-order valence-electron chi connectivity index (χ3n) is 3.09. The van der Waals surface area contributed by atoms with E-state index in [4.69, 9.17) is 9.84 Å². The number of nitrogens with one attached hydrogen (secondary N) is 1. The molecule has 1 aromatic rings. The highest BCUT2D eigenvalue weighted by Gasteiger charge is 2.36. The first-order chi connectivity index (χ1) is 10.1. The van der Waals surface area contributed by atoms with E-state index in [1.54, 1.807) is 0 Å². The van der Waals surface area contributed by atoms with Gasteiger partial charge in [-0.15, -0.1) is 0 Å². The predicted octanol–water partition coefficient (Wildman–Crippen LogP) is 2.36. The molecule has 1 rings (SSSR count). The number of amides is 1. The van der Waals surface area contributed by atoms with Crippen molar-refractivity contribution in [1.82, 2.24) is 5.32 Å². The second-order valence-electron chi connectivity index (χ2n) is 5.09. The van der Waals surface area contributed by atoms with E-state index in [0.717, 1.165) is 12.1 Å². The summed E-state index contributed by atoms with van der Waals surface area (Å²) in [6.07, 6.45) is -4.78. The molecular formula is C14H17F4NO3. The molecule has 0 spiro atoms. The molecule has 0 saturated carbocycles. The van der Waals surface area contributed by atoms with Gasteiger partial charge in [-0.3, -0.25) is 4.79 Å². The number of methoxy groups -OCH3 is 1. The first-order valence-electron chi connectivity index (χ1n) is 6.42. The minimum atomic E-state index is -4.89. The first kappa shape index (κ1) is 18.4. The Kier molecular flexibility index (Phi) is 5.90. The fourth-order valence-electron chi connectivity index (χ4n) is 2.00. The van der Waals surface area contributed by atoms with Gasteiger partial charge in [-0.05, 0) is 25.5 Å². The molecule has 0 saturated heterocycles. The number of alkyl halides is 3. The summed E-state index contributed by atoms with van der Waals surface area (Å²) in [7, 11) is 1.37. The Morgan fingerprint density at radius 1 is 1.36 bits per heavy atom. The van der Waals surface area contributed by atoms with Gasteiger partial charge >= 0.3 is 6.18 Å². The van der Waals surface area contributed by atoms with Crippen molar-refractivity contribution in [3.05, 3.63) is 35.1 Å². The molecule has 0 radical (unpaired) electrons. The van der Waals surface area contributed by atoms with E-state index < -0.39 is 34.6 Å². The molecule has 22 heavy (non-hydrogen) atoms. The lowest BCUT2D eigenvalue weighted by Gasteiger charge is -2.29. The summed E-state index contributed by atoms with van der Waals surface area (Å²) in [5.74, 6) is -2.63. The molecule has 124 valence electrons. The van der Waals surface area contributed by atoms with Crippen LogP contribution in [-0.4, -0.2) is 36.9 Å². The number of carbonyl (C=O) groups excluding carboxylic acids is 1. The summed E-state index contributed by atoms with van der Waals surface area (Å²) < 4.78 is 56.7. The predicted molar refractivity (Wildman–Crippen MR) is 70.9 cm³/mol. The fourth-order valence-corrected chi connectivity index (χ4v) is 2.00. The minimum Gasteiger partial charge on any atom is -0.396 e. The van der Waals surface area contributed by atoms with Crippen molar-refractivity contribution in [1.29, 1.82) is 0 Å². The van der Waals surface area contributed by atoms with Crippen LogP contribution in [0.4, 0.5) is 17.6 Å². The molecule has 8 heteroatoms. The maximum absolute atomic E-state index is 13.9. The Morgan fingerprint density at radius 3 is 2.50 bits per heavy atom. The molecule has 0 aliphatic carbocycles. The van der Waals surface area contributed by atoms with E-state index >= 15 is 0 Å². The second-order valence-corrected chi connectivity index (χ2v) is 5.09. The van der Waals surface area contributed by atoms with Crippen LogP contribution < -0.4 is 5.32 Å². The van der Waals surface area contributed by atoms with E-state index in [1.807, 2.05) is 0 Å². The van der Waals surface area contributed by atoms with Gasteiger partial charge in [0.25, 0.3) is 5.91 Å². The van der Waals surface area contributed by atoms with Crippen molar-refractivity contribution >= 4 is 5.91 Å². The van der Waals surface area contributed by atoms with Crippen LogP contribution in [0.25, 0.3) is 0 Å². The smallest absolute Gasteiger partial charge is 0.396 e. The van der Waals surface area contributed by atoms with E-state index in [9.17, 15) is 22.4 Å². The molecule has 0 bridgehead atoms. The molecule has 1 atom stereocenters. The average molecular weight is 323 g/mol. The summed E-state index contributed by atoms with van der Waals surface area (Å²) in [4.78, 5) is 12.1. The molecule has 0 aromatic heterocycles. The van der Waals surface area contributed by atoms with Crippen molar-refractivity contribution in [2.45, 2.75) is 25.1 Å². The topological polar surface area (TPSA) is 58.6 Å². The van der Waals surface area contributed by atoms with Crippen LogP contribution in [0.3, 0.4) is 0 Å². The van der Waals surface area contributed by atoms with Crippen LogP contribution in [0.15, 0.2) is 18.2 Å². The van der Waals surface area contributed by atoms with Crippen molar-refractivity contribution in [2.24, 2.45) is 0 Å². The lowest BCUT2D eigenvalue weighted by Crippen LogP contribution is -2.50. The van der Waals surface area contributed by atoms with Gasteiger partial charge in [-0.1, -0.05) is 6.07 Å². The van der Waals surface area contributed by atoms with Gasteiger partial charge in [0.2, 0.25) is 0 Å². The largest absolute Gasteiger partial charge is 0.419 e. The number of hydrogen-bond donors (Lipinski definition) is 2. The highest BCUT2D eigenvalue weighted by atomic mass is 19.4. The van der Waals surface area contributed by atoms with Gasteiger partial charge in [0.1, 0.15) is 5.82 Å². The van der Waals surface area contributed by atoms with Crippen molar-refractivity contribution < 1.29 is 32.2 Å². The lowest BCUT2D eigenvalue weighted by molar-refractivity contribution is -0.140. The van der Waals surface area contributed by atoms with Crippen molar-refractivity contribution in [3.63, 3.8) is 0 Å². The number of benzene rings is 1. The fraction of sp³-hybridized carbons (Fsp3) is 0.500. The molecule has 1 unspecified atom stereocenters. The van der Waals surface area contributed by atoms with Gasteiger partial charge in [-0.2, -0.15) is 13.2 Å². The van der Waals surface area contributed by atoms with Gasteiger partial charge in [0, 0.05) is 13.7 Å². The third-order valence-corrected chi connectivity index (χ3v) is 3.09. The minimum absolute atomic E-state index is 0.0138. The monoisotopic (exact) mass is 323 g/mol. The van der Waals surface area contributed by atoms with Gasteiger partial charge in [0.05, 0.1) is 23.3 Å². The number of aliphatic hydroxyl groups is 1. The Balaban J connectivity index is 3.08. The van der Waals surface area contributed by atoms with Crippen LogP contribution >= 0.6 is 0 Å². The first-order valence-corrected chi connectivity index (χ1v) is 6.42. The van der Waals surface area contributed by atoms with Crippen LogP contribution in [-0.2, 0) is 10.9 Å². The summed E-state index contributed by atoms with van der Waals surface area (Å²) in [5, 5.41) is 11.4. The van der Waals surface area contributed by atoms with E-state index in [1.165, 1.54) is 14.0 Å². The molecule has 0 fully saturated rings. The number of hydrogen-bond acceptors (Lipinski definition) is 3. The second kappa shape index (κ2) is 7.06. The normalized spacial score (nSPS) is 14.5. The Hall–Kier alpha value is -1.67. The third kappa shape index (κ3) is 4.41. The van der Waals surface area contributed by atoms with Crippen molar-refractivity contribution in [3.8, 4) is 0 Å². The van der Waals surface area contributed by atoms with E-state index in [-0.39, 0.29) is 19.6 Å². The zero-order chi connectivity index (χ0) is 17.0. The number of aliphatic hydroxyl groups excluding tert-OH is 1. The highest BCUT2D eigenvalue weighted by molar-refractivity contribution is 5.95. The molecule has 2 N–H and O–H groups in total. The summed E-state index contributed by atoms with van der Waals surface area (Å²) in [6.45, 7) is 1.28. The van der Waals surface area contributed by atoms with E-state index in [2.05, 4.69) is 5.32 Å². The van der Waals surface area contributed by atoms with Gasteiger partial charge < -0.3 is 15.2 Å². The number of carbonyl (C=O) groups is 1. The Morgan fingerprint density at radius 2 is 2.00 bits per heavy atom. The molecule has 0 heterocycles. The standard InChI is InChI=1S/C14H17F4NO3/c1-13(6-7-20,8-22-2)19-12(21)9-4-3-5-10(11(9)15)14(16,17)18/h3-5,20H,6-8H2,1-2H3,(H,19,21). The SMILES string of the molecule is COCC(C)(CCO)NC(=O)c1cccc(C(F)(F)F)c1F. The Labute approximate surface area is 125 Å². The maximum atomic E-state index is 13.9. The maximum Gasteiger partial charge on any atom is 0.419 e. The number of ether oxygens (including phenoxy) is 1. The molecule has 4 nitrogen and oxygen atoms in total. The van der Waals surface area contributed by atoms with Crippen molar-refractivity contribution in [2.75, 3.05) is 20.3 Å². The lowest BCUT2D eigenvalue weighted by atomic mass is 9.98.